The van der Waals surface area contributed by atoms with Gasteiger partial charge < -0.3 is 0 Å². The van der Waals surface area contributed by atoms with Gasteiger partial charge in [-0.1, -0.05) is 13.5 Å². The van der Waals surface area contributed by atoms with Gasteiger partial charge in [0.2, 0.25) is 0 Å². The van der Waals surface area contributed by atoms with E-state index in [0.717, 1.165) is 18.5 Å². The van der Waals surface area contributed by atoms with Crippen molar-refractivity contribution in [3.63, 3.8) is 0 Å². The van der Waals surface area contributed by atoms with E-state index in [1.807, 2.05) is 13.1 Å². The van der Waals surface area contributed by atoms with Gasteiger partial charge in [0.05, 0.1) is 0 Å². The van der Waals surface area contributed by atoms with Crippen molar-refractivity contribution in [2.45, 2.75) is 20.3 Å². The van der Waals surface area contributed by atoms with Crippen molar-refractivity contribution in [3.05, 3.63) is 12.2 Å². The summed E-state index contributed by atoms with van der Waals surface area (Å²) in [6.45, 7) is 8.71. The Morgan fingerprint density at radius 1 is 1.62 bits per heavy atom. The zero-order chi connectivity index (χ0) is 6.41. The van der Waals surface area contributed by atoms with Crippen LogP contribution in [-0.4, -0.2) is 12.8 Å². The van der Waals surface area contributed by atoms with Crippen LogP contribution in [0.3, 0.4) is 0 Å². The molecule has 0 rings (SSSR count). The van der Waals surface area contributed by atoms with Crippen LogP contribution in [-0.2, 0) is 0 Å². The number of rotatable bonds is 3. The van der Waals surface area contributed by atoms with E-state index in [0.29, 0.717) is 0 Å². The Morgan fingerprint density at radius 3 is 2.62 bits per heavy atom. The van der Waals surface area contributed by atoms with E-state index in [4.69, 9.17) is 0 Å². The summed E-state index contributed by atoms with van der Waals surface area (Å²) in [7, 11) is 0. The summed E-state index contributed by atoms with van der Waals surface area (Å²) in [5.41, 5.74) is 1.10. The van der Waals surface area contributed by atoms with E-state index in [1.165, 1.54) is 0 Å². The summed E-state index contributed by atoms with van der Waals surface area (Å²) in [6, 6.07) is 0. The van der Waals surface area contributed by atoms with Crippen LogP contribution in [0.1, 0.15) is 20.3 Å². The normalized spacial score (nSPS) is 10.2. The molecule has 0 radical (unpaired) electrons. The fourth-order valence-corrected chi connectivity index (χ4v) is 0.312. The van der Waals surface area contributed by atoms with Gasteiger partial charge in [-0.25, -0.2) is 0 Å². The van der Waals surface area contributed by atoms with Crippen molar-refractivity contribution in [2.24, 2.45) is 4.99 Å². The monoisotopic (exact) mass is 111 g/mol. The highest BCUT2D eigenvalue weighted by atomic mass is 14.7. The zero-order valence-electron chi connectivity index (χ0n) is 5.65. The smallest absolute Gasteiger partial charge is 0.0361 e. The molecular weight excluding hydrogens is 98.1 g/mol. The van der Waals surface area contributed by atoms with Crippen LogP contribution < -0.4 is 0 Å². The number of hydrogen-bond donors (Lipinski definition) is 0. The second-order valence-corrected chi connectivity index (χ2v) is 1.64. The van der Waals surface area contributed by atoms with Gasteiger partial charge in [-0.15, -0.1) is 0 Å². The molecular formula is C7H13N. The van der Waals surface area contributed by atoms with E-state index >= 15 is 0 Å². The van der Waals surface area contributed by atoms with Crippen LogP contribution in [0, 0.1) is 0 Å². The molecule has 0 aliphatic heterocycles. The summed E-state index contributed by atoms with van der Waals surface area (Å²) in [5, 5.41) is 0. The molecule has 0 spiro atoms. The topological polar surface area (TPSA) is 12.4 Å². The van der Waals surface area contributed by atoms with Crippen LogP contribution in [0.25, 0.3) is 0 Å². The van der Waals surface area contributed by atoms with Gasteiger partial charge in [-0.05, 0) is 18.9 Å². The van der Waals surface area contributed by atoms with Crippen LogP contribution >= 0.6 is 0 Å². The molecule has 0 aromatic heterocycles. The molecule has 0 aliphatic carbocycles. The number of aliphatic imine (C=N–C) groups is 1. The van der Waals surface area contributed by atoms with Crippen molar-refractivity contribution in [2.75, 3.05) is 6.54 Å². The Labute approximate surface area is 51.1 Å². The molecule has 1 heteroatoms. The van der Waals surface area contributed by atoms with Gasteiger partial charge in [0.15, 0.2) is 0 Å². The number of hydrogen-bond acceptors (Lipinski definition) is 1. The Balaban J connectivity index is 3.37. The maximum absolute atomic E-state index is 4.02. The van der Waals surface area contributed by atoms with E-state index < -0.39 is 0 Å². The van der Waals surface area contributed by atoms with Crippen LogP contribution in [0.4, 0.5) is 0 Å². The van der Waals surface area contributed by atoms with E-state index in [2.05, 4.69) is 18.5 Å². The van der Waals surface area contributed by atoms with Gasteiger partial charge in [-0.3, -0.25) is 4.99 Å². The molecule has 0 saturated carbocycles. The van der Waals surface area contributed by atoms with Gasteiger partial charge in [0.1, 0.15) is 0 Å². The maximum atomic E-state index is 4.02. The van der Waals surface area contributed by atoms with Crippen molar-refractivity contribution in [1.29, 1.82) is 0 Å². The predicted octanol–water partition coefficient (Wildman–Crippen LogP) is 2.04. The van der Waals surface area contributed by atoms with Gasteiger partial charge in [0, 0.05) is 12.8 Å². The molecule has 0 N–H and O–H groups in total. The summed E-state index contributed by atoms with van der Waals surface area (Å²) in [6.07, 6.45) is 2.84. The minimum Gasteiger partial charge on any atom is -0.293 e. The molecule has 0 atom stereocenters. The van der Waals surface area contributed by atoms with Crippen molar-refractivity contribution in [3.8, 4) is 0 Å². The highest BCUT2D eigenvalue weighted by Crippen LogP contribution is 1.89. The fraction of sp³-hybridized carbons (Fsp3) is 0.571. The third-order valence-corrected chi connectivity index (χ3v) is 0.911. The minimum atomic E-state index is 0.860. The van der Waals surface area contributed by atoms with Crippen molar-refractivity contribution < 1.29 is 0 Å². The number of nitrogens with zero attached hydrogens (tertiary/aromatic N) is 1. The van der Waals surface area contributed by atoms with E-state index in [1.54, 1.807) is 0 Å². The highest BCUT2D eigenvalue weighted by molar-refractivity contribution is 5.77. The van der Waals surface area contributed by atoms with Crippen molar-refractivity contribution >= 4 is 6.21 Å². The first kappa shape index (κ1) is 7.41. The van der Waals surface area contributed by atoms with E-state index in [9.17, 15) is 0 Å². The SMILES string of the molecule is C=C(/C=N\CC)CC. The molecule has 1 nitrogen and oxygen atoms in total. The van der Waals surface area contributed by atoms with Gasteiger partial charge >= 0.3 is 0 Å². The summed E-state index contributed by atoms with van der Waals surface area (Å²) < 4.78 is 0. The number of allylic oxidation sites excluding steroid dienone is 1. The molecule has 0 aromatic rings. The molecule has 0 aromatic carbocycles. The summed E-state index contributed by atoms with van der Waals surface area (Å²) >= 11 is 0. The largest absolute Gasteiger partial charge is 0.293 e. The maximum Gasteiger partial charge on any atom is 0.0361 e. The standard InChI is InChI=1S/C7H13N/c1-4-7(3)6-8-5-2/h6H,3-5H2,1-2H3/b8-6-. The second-order valence-electron chi connectivity index (χ2n) is 1.64. The molecule has 0 bridgehead atoms. The summed E-state index contributed by atoms with van der Waals surface area (Å²) in [5.74, 6) is 0. The van der Waals surface area contributed by atoms with Gasteiger partial charge in [-0.2, -0.15) is 0 Å². The first-order valence-corrected chi connectivity index (χ1v) is 2.98. The Kier molecular flexibility index (Phi) is 4.23. The molecule has 8 heavy (non-hydrogen) atoms. The average Bonchev–Trinajstić information content (AvgIpc) is 1.83. The lowest BCUT2D eigenvalue weighted by Crippen LogP contribution is -1.79. The Morgan fingerprint density at radius 2 is 2.25 bits per heavy atom. The predicted molar refractivity (Wildman–Crippen MR) is 38.5 cm³/mol. The quantitative estimate of drug-likeness (QED) is 0.494. The molecule has 46 valence electrons. The zero-order valence-corrected chi connectivity index (χ0v) is 5.65. The lowest BCUT2D eigenvalue weighted by Gasteiger charge is -1.87. The lowest BCUT2D eigenvalue weighted by molar-refractivity contribution is 1.12. The second kappa shape index (κ2) is 4.57. The Hall–Kier alpha value is -0.590. The van der Waals surface area contributed by atoms with Crippen LogP contribution in [0.15, 0.2) is 17.1 Å². The molecule has 0 fully saturated rings. The molecule has 0 amide bonds. The molecule has 0 unspecified atom stereocenters. The average molecular weight is 111 g/mol. The molecule has 0 aliphatic rings. The van der Waals surface area contributed by atoms with E-state index in [-0.39, 0.29) is 0 Å². The van der Waals surface area contributed by atoms with Crippen LogP contribution in [0.5, 0.6) is 0 Å². The third kappa shape index (κ3) is 3.59. The Bertz CT molecular complexity index is 92.6. The molecule has 0 heterocycles. The highest BCUT2D eigenvalue weighted by Gasteiger charge is 1.78. The van der Waals surface area contributed by atoms with Crippen LogP contribution in [0.2, 0.25) is 0 Å². The lowest BCUT2D eigenvalue weighted by atomic mass is 10.3. The summed E-state index contributed by atoms with van der Waals surface area (Å²) in [4.78, 5) is 4.02. The minimum absolute atomic E-state index is 0.860. The van der Waals surface area contributed by atoms with Crippen molar-refractivity contribution in [1.82, 2.24) is 0 Å². The molecule has 0 saturated heterocycles. The fourth-order valence-electron chi connectivity index (χ4n) is 0.312. The first-order chi connectivity index (χ1) is 3.81. The first-order valence-electron chi connectivity index (χ1n) is 2.98. The third-order valence-electron chi connectivity index (χ3n) is 0.911. The van der Waals surface area contributed by atoms with Gasteiger partial charge in [0.25, 0.3) is 0 Å².